The maximum Gasteiger partial charge on any atom is 0.219 e. The van der Waals surface area contributed by atoms with Crippen LogP contribution >= 0.6 is 0 Å². The SMILES string of the molecule is CC/C=C(\O)C1CCCN(C(C)=O)C1. The minimum absolute atomic E-state index is 0.110. The van der Waals surface area contributed by atoms with Crippen molar-refractivity contribution >= 4 is 5.91 Å². The second kappa shape index (κ2) is 5.03. The Kier molecular flexibility index (Phi) is 3.98. The first-order valence-electron chi connectivity index (χ1n) is 5.29. The van der Waals surface area contributed by atoms with Gasteiger partial charge in [0.25, 0.3) is 0 Å². The van der Waals surface area contributed by atoms with E-state index in [-0.39, 0.29) is 11.8 Å². The molecule has 0 bridgehead atoms. The van der Waals surface area contributed by atoms with Crippen molar-refractivity contribution in [3.8, 4) is 0 Å². The second-order valence-corrected chi connectivity index (χ2v) is 3.84. The van der Waals surface area contributed by atoms with Gasteiger partial charge in [-0.15, -0.1) is 0 Å². The highest BCUT2D eigenvalue weighted by Gasteiger charge is 2.23. The van der Waals surface area contributed by atoms with Crippen molar-refractivity contribution in [1.82, 2.24) is 4.90 Å². The van der Waals surface area contributed by atoms with Crippen LogP contribution < -0.4 is 0 Å². The topological polar surface area (TPSA) is 40.5 Å². The van der Waals surface area contributed by atoms with Gasteiger partial charge in [-0.05, 0) is 25.3 Å². The largest absolute Gasteiger partial charge is 0.512 e. The first-order chi connectivity index (χ1) is 6.65. The molecule has 0 spiro atoms. The van der Waals surface area contributed by atoms with Gasteiger partial charge >= 0.3 is 0 Å². The summed E-state index contributed by atoms with van der Waals surface area (Å²) in [6.45, 7) is 5.10. The summed E-state index contributed by atoms with van der Waals surface area (Å²) in [7, 11) is 0. The predicted octanol–water partition coefficient (Wildman–Crippen LogP) is 2.10. The molecule has 0 aromatic carbocycles. The highest BCUT2D eigenvalue weighted by Crippen LogP contribution is 2.22. The number of hydrogen-bond donors (Lipinski definition) is 1. The van der Waals surface area contributed by atoms with Gasteiger partial charge in [-0.2, -0.15) is 0 Å². The first-order valence-corrected chi connectivity index (χ1v) is 5.29. The second-order valence-electron chi connectivity index (χ2n) is 3.84. The average molecular weight is 197 g/mol. The number of rotatable bonds is 2. The van der Waals surface area contributed by atoms with Crippen molar-refractivity contribution < 1.29 is 9.90 Å². The average Bonchev–Trinajstić information content (AvgIpc) is 2.18. The molecule has 1 rings (SSSR count). The number of nitrogens with zero attached hydrogens (tertiary/aromatic N) is 1. The molecule has 0 aliphatic carbocycles. The standard InChI is InChI=1S/C11H19NO2/c1-3-5-11(14)10-6-4-7-12(8-10)9(2)13/h5,10,14H,3-4,6-8H2,1-2H3/b11-5-. The van der Waals surface area contributed by atoms with E-state index < -0.39 is 0 Å². The number of aliphatic hydroxyl groups excluding tert-OH is 1. The summed E-state index contributed by atoms with van der Waals surface area (Å²) in [5.41, 5.74) is 0. The molecule has 1 fully saturated rings. The molecular weight excluding hydrogens is 178 g/mol. The van der Waals surface area contributed by atoms with Gasteiger partial charge in [0.1, 0.15) is 0 Å². The van der Waals surface area contributed by atoms with Gasteiger partial charge in [-0.25, -0.2) is 0 Å². The summed E-state index contributed by atoms with van der Waals surface area (Å²) < 4.78 is 0. The van der Waals surface area contributed by atoms with Gasteiger partial charge in [0.15, 0.2) is 0 Å². The Hall–Kier alpha value is -0.990. The number of aliphatic hydroxyl groups is 1. The van der Waals surface area contributed by atoms with Gasteiger partial charge in [0.2, 0.25) is 5.91 Å². The van der Waals surface area contributed by atoms with Gasteiger partial charge in [-0.1, -0.05) is 6.92 Å². The Labute approximate surface area is 85.4 Å². The van der Waals surface area contributed by atoms with E-state index in [4.69, 9.17) is 0 Å². The number of amides is 1. The van der Waals surface area contributed by atoms with Gasteiger partial charge in [0, 0.05) is 25.9 Å². The molecule has 1 heterocycles. The Morgan fingerprint density at radius 3 is 2.93 bits per heavy atom. The molecular formula is C11H19NO2. The lowest BCUT2D eigenvalue weighted by Crippen LogP contribution is -2.39. The highest BCUT2D eigenvalue weighted by molar-refractivity contribution is 5.73. The van der Waals surface area contributed by atoms with E-state index in [1.807, 2.05) is 17.9 Å². The van der Waals surface area contributed by atoms with Crippen LogP contribution in [0.5, 0.6) is 0 Å². The molecule has 3 nitrogen and oxygen atoms in total. The molecule has 1 amide bonds. The summed E-state index contributed by atoms with van der Waals surface area (Å²) >= 11 is 0. The fraction of sp³-hybridized carbons (Fsp3) is 0.727. The van der Waals surface area contributed by atoms with Crippen LogP contribution in [0, 0.1) is 5.92 Å². The Morgan fingerprint density at radius 1 is 1.64 bits per heavy atom. The number of carbonyl (C=O) groups excluding carboxylic acids is 1. The van der Waals surface area contributed by atoms with Gasteiger partial charge < -0.3 is 10.0 Å². The lowest BCUT2D eigenvalue weighted by Gasteiger charge is -2.31. The third-order valence-electron chi connectivity index (χ3n) is 2.70. The monoisotopic (exact) mass is 197 g/mol. The van der Waals surface area contributed by atoms with Crippen molar-refractivity contribution in [3.05, 3.63) is 11.8 Å². The van der Waals surface area contributed by atoms with Crippen molar-refractivity contribution in [1.29, 1.82) is 0 Å². The quantitative estimate of drug-likeness (QED) is 0.689. The van der Waals surface area contributed by atoms with E-state index in [1.165, 1.54) is 0 Å². The molecule has 3 heteroatoms. The molecule has 0 radical (unpaired) electrons. The summed E-state index contributed by atoms with van der Waals surface area (Å²) in [6.07, 6.45) is 4.68. The van der Waals surface area contributed by atoms with Crippen LogP contribution in [0.2, 0.25) is 0 Å². The molecule has 1 aliphatic rings. The Bertz CT molecular complexity index is 235. The third-order valence-corrected chi connectivity index (χ3v) is 2.70. The molecule has 0 saturated carbocycles. The third kappa shape index (κ3) is 2.76. The molecule has 1 N–H and O–H groups in total. The van der Waals surface area contributed by atoms with Crippen LogP contribution in [0.25, 0.3) is 0 Å². The lowest BCUT2D eigenvalue weighted by atomic mass is 9.95. The maximum absolute atomic E-state index is 11.1. The van der Waals surface area contributed by atoms with E-state index in [0.717, 1.165) is 25.8 Å². The smallest absolute Gasteiger partial charge is 0.219 e. The summed E-state index contributed by atoms with van der Waals surface area (Å²) in [5, 5.41) is 9.70. The lowest BCUT2D eigenvalue weighted by molar-refractivity contribution is -0.130. The van der Waals surface area contributed by atoms with E-state index >= 15 is 0 Å². The first kappa shape index (κ1) is 11.1. The number of allylic oxidation sites excluding steroid dienone is 1. The summed E-state index contributed by atoms with van der Waals surface area (Å²) in [4.78, 5) is 13.0. The van der Waals surface area contributed by atoms with Crippen molar-refractivity contribution in [3.63, 3.8) is 0 Å². The van der Waals surface area contributed by atoms with Crippen molar-refractivity contribution in [2.75, 3.05) is 13.1 Å². The Morgan fingerprint density at radius 2 is 2.36 bits per heavy atom. The van der Waals surface area contributed by atoms with Crippen LogP contribution in [0.4, 0.5) is 0 Å². The van der Waals surface area contributed by atoms with Gasteiger partial charge in [-0.3, -0.25) is 4.79 Å². The minimum Gasteiger partial charge on any atom is -0.512 e. The number of likely N-dealkylation sites (tertiary alicyclic amines) is 1. The normalized spacial score (nSPS) is 23.7. The van der Waals surface area contributed by atoms with Crippen LogP contribution in [-0.2, 0) is 4.79 Å². The summed E-state index contributed by atoms with van der Waals surface area (Å²) in [5.74, 6) is 0.727. The maximum atomic E-state index is 11.1. The molecule has 1 aliphatic heterocycles. The fourth-order valence-electron chi connectivity index (χ4n) is 1.88. The molecule has 1 unspecified atom stereocenters. The van der Waals surface area contributed by atoms with E-state index in [9.17, 15) is 9.90 Å². The van der Waals surface area contributed by atoms with E-state index in [0.29, 0.717) is 12.3 Å². The zero-order chi connectivity index (χ0) is 10.6. The molecule has 14 heavy (non-hydrogen) atoms. The molecule has 0 aromatic rings. The van der Waals surface area contributed by atoms with Crippen LogP contribution in [0.3, 0.4) is 0 Å². The van der Waals surface area contributed by atoms with E-state index in [1.54, 1.807) is 6.92 Å². The molecule has 1 atom stereocenters. The molecule has 1 saturated heterocycles. The number of piperidine rings is 1. The summed E-state index contributed by atoms with van der Waals surface area (Å²) in [6, 6.07) is 0. The zero-order valence-corrected chi connectivity index (χ0v) is 8.99. The predicted molar refractivity (Wildman–Crippen MR) is 56.0 cm³/mol. The van der Waals surface area contributed by atoms with Crippen molar-refractivity contribution in [2.45, 2.75) is 33.1 Å². The van der Waals surface area contributed by atoms with Crippen LogP contribution in [-0.4, -0.2) is 29.0 Å². The molecule has 80 valence electrons. The highest BCUT2D eigenvalue weighted by atomic mass is 16.3. The molecule has 0 aromatic heterocycles. The van der Waals surface area contributed by atoms with Crippen LogP contribution in [0.15, 0.2) is 11.8 Å². The van der Waals surface area contributed by atoms with Crippen molar-refractivity contribution in [2.24, 2.45) is 5.92 Å². The number of carbonyl (C=O) groups is 1. The fourth-order valence-corrected chi connectivity index (χ4v) is 1.88. The number of hydrogen-bond acceptors (Lipinski definition) is 2. The van der Waals surface area contributed by atoms with Gasteiger partial charge in [0.05, 0.1) is 5.76 Å². The van der Waals surface area contributed by atoms with Crippen LogP contribution in [0.1, 0.15) is 33.1 Å². The zero-order valence-electron chi connectivity index (χ0n) is 8.99. The minimum atomic E-state index is 0.110. The van der Waals surface area contributed by atoms with E-state index in [2.05, 4.69) is 0 Å². The Balaban J connectivity index is 2.55.